The fraction of sp³-hybridized carbons (Fsp3) is 0.0612. The Kier molecular flexibility index (Phi) is 5.66. The normalized spacial score (nSPS) is 14.6. The van der Waals surface area contributed by atoms with Gasteiger partial charge in [0.1, 0.15) is 11.2 Å². The monoisotopic (exact) mass is 676 g/mol. The van der Waals surface area contributed by atoms with E-state index in [2.05, 4.69) is 187 Å². The standard InChI is InChI=1S/C49H33BN2O/c1-49(2)38-15-6-5-14-34(38)35-24-22-33(29-39(35)49)52-43-19-10-8-17-41(43)50-40-16-7-9-18-42(40)51(44-20-11-21-45(52)48(44)50)32-23-25-46-37(28-32)36-26-30-12-3-4-13-31(30)27-47(36)53-46/h3-29H,1-2H3. The molecule has 1 aliphatic carbocycles. The summed E-state index contributed by atoms with van der Waals surface area (Å²) in [5.41, 5.74) is 18.3. The SMILES string of the molecule is CC1(C)c2ccccc2-c2ccc(N3c4ccccc4B4c5ccccc5N(c5ccc6oc7cc8ccccc8cc7c6c5)c5cccc3c54)cc21. The van der Waals surface area contributed by atoms with Crippen LogP contribution in [0, 0.1) is 0 Å². The largest absolute Gasteiger partial charge is 0.456 e. The maximum atomic E-state index is 6.45. The van der Waals surface area contributed by atoms with Gasteiger partial charge in [0.25, 0.3) is 6.71 Å². The first-order chi connectivity index (χ1) is 26.0. The molecule has 0 N–H and O–H groups in total. The fourth-order valence-electron chi connectivity index (χ4n) is 9.81. The maximum absolute atomic E-state index is 6.45. The Morgan fingerprint density at radius 3 is 1.77 bits per heavy atom. The van der Waals surface area contributed by atoms with Crippen LogP contribution >= 0.6 is 0 Å². The summed E-state index contributed by atoms with van der Waals surface area (Å²) in [7, 11) is 0. The third-order valence-corrected chi connectivity index (χ3v) is 12.2. The van der Waals surface area contributed by atoms with Gasteiger partial charge in [0.2, 0.25) is 0 Å². The van der Waals surface area contributed by atoms with Crippen LogP contribution in [0.1, 0.15) is 25.0 Å². The Labute approximate surface area is 308 Å². The minimum absolute atomic E-state index is 0.0895. The molecule has 248 valence electrons. The molecule has 3 nitrogen and oxygen atoms in total. The summed E-state index contributed by atoms with van der Waals surface area (Å²) in [6, 6.07) is 60.5. The Hall–Kier alpha value is -6.52. The third-order valence-electron chi connectivity index (χ3n) is 12.2. The topological polar surface area (TPSA) is 19.6 Å². The van der Waals surface area contributed by atoms with E-state index in [-0.39, 0.29) is 12.1 Å². The van der Waals surface area contributed by atoms with E-state index in [1.54, 1.807) is 0 Å². The molecule has 4 heteroatoms. The van der Waals surface area contributed by atoms with Crippen LogP contribution in [-0.4, -0.2) is 6.71 Å². The Bertz CT molecular complexity index is 3030. The van der Waals surface area contributed by atoms with Crippen molar-refractivity contribution in [3.8, 4) is 11.1 Å². The van der Waals surface area contributed by atoms with Gasteiger partial charge in [-0.25, -0.2) is 0 Å². The molecule has 53 heavy (non-hydrogen) atoms. The molecule has 0 radical (unpaired) electrons. The Morgan fingerprint density at radius 2 is 1.02 bits per heavy atom. The molecular weight excluding hydrogens is 643 g/mol. The minimum atomic E-state index is -0.0895. The summed E-state index contributed by atoms with van der Waals surface area (Å²) in [4.78, 5) is 4.98. The van der Waals surface area contributed by atoms with E-state index in [0.29, 0.717) is 0 Å². The second-order valence-electron chi connectivity index (χ2n) is 15.3. The lowest BCUT2D eigenvalue weighted by atomic mass is 9.33. The van der Waals surface area contributed by atoms with Crippen molar-refractivity contribution in [1.82, 2.24) is 0 Å². The number of fused-ring (bicyclic) bond motifs is 11. The van der Waals surface area contributed by atoms with Crippen molar-refractivity contribution in [3.63, 3.8) is 0 Å². The fourth-order valence-corrected chi connectivity index (χ4v) is 9.81. The minimum Gasteiger partial charge on any atom is -0.456 e. The van der Waals surface area contributed by atoms with Crippen LogP contribution in [0.5, 0.6) is 0 Å². The second kappa shape index (κ2) is 10.3. The van der Waals surface area contributed by atoms with E-state index in [0.717, 1.165) is 27.6 Å². The molecule has 0 fully saturated rings. The summed E-state index contributed by atoms with van der Waals surface area (Å²) in [6.45, 7) is 4.83. The molecule has 0 unspecified atom stereocenters. The van der Waals surface area contributed by atoms with Crippen LogP contribution in [0.25, 0.3) is 43.8 Å². The van der Waals surface area contributed by atoms with Crippen LogP contribution in [0.3, 0.4) is 0 Å². The van der Waals surface area contributed by atoms with Crippen molar-refractivity contribution in [2.45, 2.75) is 19.3 Å². The predicted molar refractivity (Wildman–Crippen MR) is 223 cm³/mol. The number of benzene rings is 8. The molecule has 1 aromatic heterocycles. The first-order valence-electron chi connectivity index (χ1n) is 18.6. The van der Waals surface area contributed by atoms with Crippen molar-refractivity contribution in [1.29, 1.82) is 0 Å². The van der Waals surface area contributed by atoms with Crippen LogP contribution in [0.15, 0.2) is 168 Å². The number of hydrogen-bond acceptors (Lipinski definition) is 3. The van der Waals surface area contributed by atoms with Gasteiger partial charge < -0.3 is 14.2 Å². The molecule has 2 aliphatic heterocycles. The van der Waals surface area contributed by atoms with Gasteiger partial charge in [0, 0.05) is 50.3 Å². The van der Waals surface area contributed by atoms with Crippen molar-refractivity contribution < 1.29 is 4.42 Å². The van der Waals surface area contributed by atoms with Crippen LogP contribution < -0.4 is 26.2 Å². The summed E-state index contributed by atoms with van der Waals surface area (Å²) in [6.07, 6.45) is 0. The molecule has 0 saturated heterocycles. The molecule has 8 aromatic carbocycles. The second-order valence-corrected chi connectivity index (χ2v) is 15.3. The van der Waals surface area contributed by atoms with Crippen LogP contribution in [-0.2, 0) is 5.41 Å². The van der Waals surface area contributed by atoms with Crippen molar-refractivity contribution >= 4 is 89.9 Å². The third kappa shape index (κ3) is 3.85. The molecule has 12 rings (SSSR count). The number of para-hydroxylation sites is 2. The Morgan fingerprint density at radius 1 is 0.453 bits per heavy atom. The molecular formula is C49H33BN2O. The van der Waals surface area contributed by atoms with Gasteiger partial charge >= 0.3 is 0 Å². The lowest BCUT2D eigenvalue weighted by molar-refractivity contribution is 0.660. The number of hydrogen-bond donors (Lipinski definition) is 0. The molecule has 3 aliphatic rings. The van der Waals surface area contributed by atoms with E-state index in [1.165, 1.54) is 77.9 Å². The zero-order valence-corrected chi connectivity index (χ0v) is 29.5. The van der Waals surface area contributed by atoms with Crippen molar-refractivity contribution in [2.24, 2.45) is 0 Å². The van der Waals surface area contributed by atoms with E-state index < -0.39 is 0 Å². The lowest BCUT2D eigenvalue weighted by Gasteiger charge is -2.44. The summed E-state index contributed by atoms with van der Waals surface area (Å²) in [5.74, 6) is 0. The van der Waals surface area contributed by atoms with E-state index in [1.807, 2.05) is 0 Å². The number of furan rings is 1. The molecule has 3 heterocycles. The van der Waals surface area contributed by atoms with Gasteiger partial charge in [-0.15, -0.1) is 0 Å². The molecule has 0 atom stereocenters. The van der Waals surface area contributed by atoms with Crippen molar-refractivity contribution in [2.75, 3.05) is 9.80 Å². The molecule has 9 aromatic rings. The van der Waals surface area contributed by atoms with E-state index in [9.17, 15) is 0 Å². The van der Waals surface area contributed by atoms with E-state index >= 15 is 0 Å². The summed E-state index contributed by atoms with van der Waals surface area (Å²) >= 11 is 0. The number of rotatable bonds is 2. The lowest BCUT2D eigenvalue weighted by Crippen LogP contribution is -2.61. The molecule has 0 bridgehead atoms. The first-order valence-corrected chi connectivity index (χ1v) is 18.6. The van der Waals surface area contributed by atoms with Gasteiger partial charge in [-0.2, -0.15) is 0 Å². The molecule has 0 saturated carbocycles. The highest BCUT2D eigenvalue weighted by Gasteiger charge is 2.43. The van der Waals surface area contributed by atoms with Crippen LogP contribution in [0.2, 0.25) is 0 Å². The average molecular weight is 677 g/mol. The van der Waals surface area contributed by atoms with Gasteiger partial charge in [-0.05, 0) is 116 Å². The zero-order valence-electron chi connectivity index (χ0n) is 29.5. The van der Waals surface area contributed by atoms with Gasteiger partial charge in [0.05, 0.1) is 0 Å². The van der Waals surface area contributed by atoms with E-state index in [4.69, 9.17) is 4.42 Å². The average Bonchev–Trinajstić information content (AvgIpc) is 3.67. The van der Waals surface area contributed by atoms with Crippen molar-refractivity contribution in [3.05, 3.63) is 175 Å². The molecule has 0 amide bonds. The summed E-state index contributed by atoms with van der Waals surface area (Å²) < 4.78 is 6.45. The van der Waals surface area contributed by atoms with Gasteiger partial charge in [0.15, 0.2) is 0 Å². The zero-order chi connectivity index (χ0) is 35.0. The summed E-state index contributed by atoms with van der Waals surface area (Å²) in [5, 5.41) is 4.67. The number of anilines is 6. The van der Waals surface area contributed by atoms with Gasteiger partial charge in [-0.3, -0.25) is 0 Å². The molecule has 0 spiro atoms. The van der Waals surface area contributed by atoms with Gasteiger partial charge in [-0.1, -0.05) is 111 Å². The Balaban J connectivity index is 1.08. The highest BCUT2D eigenvalue weighted by Crippen LogP contribution is 2.51. The smallest absolute Gasteiger partial charge is 0.252 e. The highest BCUT2D eigenvalue weighted by atomic mass is 16.3. The predicted octanol–water partition coefficient (Wildman–Crippen LogP) is 11.1. The first kappa shape index (κ1) is 29.1. The quantitative estimate of drug-likeness (QED) is 0.170. The maximum Gasteiger partial charge on any atom is 0.252 e. The van der Waals surface area contributed by atoms with Crippen LogP contribution in [0.4, 0.5) is 34.1 Å². The number of nitrogens with zero attached hydrogens (tertiary/aromatic N) is 2. The highest BCUT2D eigenvalue weighted by molar-refractivity contribution is 7.00.